The van der Waals surface area contributed by atoms with Crippen molar-refractivity contribution >= 4 is 28.5 Å². The van der Waals surface area contributed by atoms with Crippen molar-refractivity contribution in [2.45, 2.75) is 44.2 Å². The molecule has 2 atom stereocenters. The first-order chi connectivity index (χ1) is 20.7. The summed E-state index contributed by atoms with van der Waals surface area (Å²) in [6, 6.07) is 19.1. The molecule has 0 saturated carbocycles. The number of likely N-dealkylation sites (tertiary alicyclic amines) is 1. The second kappa shape index (κ2) is 13.3. The van der Waals surface area contributed by atoms with E-state index < -0.39 is 6.04 Å². The number of ether oxygens (including phenoxy) is 1. The quantitative estimate of drug-likeness (QED) is 0.222. The van der Waals surface area contributed by atoms with E-state index in [9.17, 15) is 14.0 Å². The number of para-hydroxylation sites is 1. The summed E-state index contributed by atoms with van der Waals surface area (Å²) in [7, 11) is 5.54. The Labute approximate surface area is 252 Å². The van der Waals surface area contributed by atoms with Gasteiger partial charge in [0.25, 0.3) is 0 Å². The van der Waals surface area contributed by atoms with Crippen molar-refractivity contribution < 1.29 is 18.7 Å². The number of aromatic nitrogens is 1. The Morgan fingerprint density at radius 3 is 2.49 bits per heavy atom. The van der Waals surface area contributed by atoms with E-state index in [0.717, 1.165) is 40.4 Å². The first-order valence-electron chi connectivity index (χ1n) is 14.7. The first kappa shape index (κ1) is 30.1. The van der Waals surface area contributed by atoms with Crippen LogP contribution in [0.5, 0.6) is 5.75 Å². The van der Waals surface area contributed by atoms with Crippen molar-refractivity contribution in [3.63, 3.8) is 0 Å². The van der Waals surface area contributed by atoms with Crippen molar-refractivity contribution in [1.82, 2.24) is 20.1 Å². The minimum Gasteiger partial charge on any atom is -0.495 e. The number of amides is 3. The Kier molecular flexibility index (Phi) is 9.31. The highest BCUT2D eigenvalue weighted by atomic mass is 19.1. The van der Waals surface area contributed by atoms with E-state index in [2.05, 4.69) is 20.5 Å². The Morgan fingerprint density at radius 2 is 1.79 bits per heavy atom. The molecule has 43 heavy (non-hydrogen) atoms. The van der Waals surface area contributed by atoms with Gasteiger partial charge < -0.3 is 30.2 Å². The summed E-state index contributed by atoms with van der Waals surface area (Å²) in [6.45, 7) is 3.75. The van der Waals surface area contributed by atoms with Crippen LogP contribution in [0, 0.1) is 5.82 Å². The van der Waals surface area contributed by atoms with Gasteiger partial charge in [-0.2, -0.15) is 0 Å². The number of nitrogens with one attached hydrogen (secondary N) is 3. The molecule has 3 N–H and O–H groups in total. The predicted octanol–water partition coefficient (Wildman–Crippen LogP) is 6.08. The molecule has 0 radical (unpaired) electrons. The van der Waals surface area contributed by atoms with Gasteiger partial charge in [0.05, 0.1) is 12.8 Å². The number of H-pyrrole nitrogens is 1. The molecule has 1 saturated heterocycles. The lowest BCUT2D eigenvalue weighted by Gasteiger charge is -2.34. The fourth-order valence-electron chi connectivity index (χ4n) is 5.97. The van der Waals surface area contributed by atoms with Gasteiger partial charge in [-0.15, -0.1) is 0 Å². The summed E-state index contributed by atoms with van der Waals surface area (Å²) in [6.07, 6.45) is 3.45. The minimum absolute atomic E-state index is 0.253. The van der Waals surface area contributed by atoms with Crippen LogP contribution in [-0.4, -0.2) is 67.1 Å². The van der Waals surface area contributed by atoms with Gasteiger partial charge >= 0.3 is 6.03 Å². The van der Waals surface area contributed by atoms with Crippen molar-refractivity contribution in [3.8, 4) is 5.75 Å². The maximum Gasteiger partial charge on any atom is 0.318 e. The zero-order valence-electron chi connectivity index (χ0n) is 25.2. The van der Waals surface area contributed by atoms with Crippen LogP contribution < -0.4 is 15.4 Å². The zero-order chi connectivity index (χ0) is 30.5. The van der Waals surface area contributed by atoms with Crippen LogP contribution in [-0.2, 0) is 11.3 Å². The molecule has 3 aromatic carbocycles. The van der Waals surface area contributed by atoms with Crippen LogP contribution in [0.25, 0.3) is 10.9 Å². The lowest BCUT2D eigenvalue weighted by atomic mass is 9.89. The third-order valence-electron chi connectivity index (χ3n) is 8.32. The fraction of sp³-hybridized carbons (Fsp3) is 0.353. The SMILES string of the molecule is COc1ccc(CN(C)C)cc1NC(=O)C(NC(=O)N1CCC(c2ccc(F)cc2)CC1)C(C)c1c[nH]c2ccccc12. The van der Waals surface area contributed by atoms with Crippen LogP contribution in [0.4, 0.5) is 14.9 Å². The number of aromatic amines is 1. The third-order valence-corrected chi connectivity index (χ3v) is 8.32. The number of piperidine rings is 1. The number of carbonyl (C=O) groups excluding carboxylic acids is 2. The highest BCUT2D eigenvalue weighted by molar-refractivity contribution is 5.99. The number of nitrogens with zero attached hydrogens (tertiary/aromatic N) is 2. The Hall–Kier alpha value is -4.37. The Balaban J connectivity index is 1.37. The number of anilines is 1. The van der Waals surface area contributed by atoms with Gasteiger partial charge in [0.15, 0.2) is 0 Å². The standard InChI is InChI=1S/C34H40FN5O3/c1-22(28-20-36-29-8-6-5-7-27(28)29)32(33(41)37-30-19-23(21-39(2)3)9-14-31(30)43-4)38-34(42)40-17-15-25(16-18-40)24-10-12-26(35)13-11-24/h5-14,19-20,22,25,32,36H,15-18,21H2,1-4H3,(H,37,41)(H,38,42). The maximum absolute atomic E-state index is 14.0. The summed E-state index contributed by atoms with van der Waals surface area (Å²) in [5, 5.41) is 7.13. The molecule has 8 nitrogen and oxygen atoms in total. The molecule has 9 heteroatoms. The topological polar surface area (TPSA) is 89.7 Å². The van der Waals surface area contributed by atoms with Crippen LogP contribution in [0.1, 0.15) is 48.3 Å². The van der Waals surface area contributed by atoms with Crippen molar-refractivity contribution in [1.29, 1.82) is 0 Å². The molecule has 1 fully saturated rings. The number of halogens is 1. The highest BCUT2D eigenvalue weighted by Crippen LogP contribution is 2.32. The number of hydrogen-bond donors (Lipinski definition) is 3. The number of fused-ring (bicyclic) bond motifs is 1. The second-order valence-corrected chi connectivity index (χ2v) is 11.6. The second-order valence-electron chi connectivity index (χ2n) is 11.6. The minimum atomic E-state index is -0.858. The molecule has 1 aromatic heterocycles. The lowest BCUT2D eigenvalue weighted by molar-refractivity contribution is -0.118. The predicted molar refractivity (Wildman–Crippen MR) is 168 cm³/mol. The molecule has 2 unspecified atom stereocenters. The lowest BCUT2D eigenvalue weighted by Crippen LogP contribution is -2.53. The molecule has 226 valence electrons. The fourth-order valence-corrected chi connectivity index (χ4v) is 5.97. The average molecular weight is 586 g/mol. The van der Waals surface area contributed by atoms with Crippen molar-refractivity contribution in [2.75, 3.05) is 39.6 Å². The van der Waals surface area contributed by atoms with Gasteiger partial charge in [-0.05, 0) is 79.9 Å². The number of hydrogen-bond acceptors (Lipinski definition) is 4. The molecule has 2 heterocycles. The molecule has 0 aliphatic carbocycles. The smallest absolute Gasteiger partial charge is 0.318 e. The van der Waals surface area contributed by atoms with Gasteiger partial charge in [0.1, 0.15) is 17.6 Å². The number of rotatable bonds is 9. The van der Waals surface area contributed by atoms with E-state index in [1.165, 1.54) is 12.1 Å². The molecule has 5 rings (SSSR count). The number of benzene rings is 3. The summed E-state index contributed by atoms with van der Waals surface area (Å²) in [4.78, 5) is 34.8. The summed E-state index contributed by atoms with van der Waals surface area (Å²) in [5.74, 6) is -0.115. The normalized spacial score (nSPS) is 15.3. The van der Waals surface area contributed by atoms with Crippen molar-refractivity contribution in [3.05, 3.63) is 95.4 Å². The summed E-state index contributed by atoms with van der Waals surface area (Å²) >= 11 is 0. The van der Waals surface area contributed by atoms with E-state index in [4.69, 9.17) is 4.74 Å². The number of methoxy groups -OCH3 is 1. The van der Waals surface area contributed by atoms with Crippen LogP contribution >= 0.6 is 0 Å². The van der Waals surface area contributed by atoms with E-state index in [1.54, 1.807) is 12.0 Å². The molecular formula is C34H40FN5O3. The van der Waals surface area contributed by atoms with Crippen LogP contribution in [0.15, 0.2) is 72.9 Å². The third kappa shape index (κ3) is 7.00. The van der Waals surface area contributed by atoms with E-state index in [-0.39, 0.29) is 29.6 Å². The Bertz CT molecular complexity index is 1560. The number of urea groups is 1. The molecule has 4 aromatic rings. The largest absolute Gasteiger partial charge is 0.495 e. The number of carbonyl (C=O) groups is 2. The molecular weight excluding hydrogens is 545 g/mol. The van der Waals surface area contributed by atoms with Crippen LogP contribution in [0.3, 0.4) is 0 Å². The average Bonchev–Trinajstić information content (AvgIpc) is 3.44. The van der Waals surface area contributed by atoms with E-state index in [1.807, 2.05) is 81.8 Å². The van der Waals surface area contributed by atoms with Gasteiger partial charge in [-0.3, -0.25) is 4.79 Å². The monoisotopic (exact) mass is 585 g/mol. The van der Waals surface area contributed by atoms with Gasteiger partial charge in [0.2, 0.25) is 5.91 Å². The molecule has 0 spiro atoms. The maximum atomic E-state index is 14.0. The van der Waals surface area contributed by atoms with E-state index >= 15 is 0 Å². The van der Waals surface area contributed by atoms with E-state index in [0.29, 0.717) is 31.1 Å². The van der Waals surface area contributed by atoms with Crippen LogP contribution in [0.2, 0.25) is 0 Å². The molecule has 3 amide bonds. The Morgan fingerprint density at radius 1 is 1.07 bits per heavy atom. The zero-order valence-corrected chi connectivity index (χ0v) is 25.2. The highest BCUT2D eigenvalue weighted by Gasteiger charge is 2.33. The molecule has 1 aliphatic rings. The van der Waals surface area contributed by atoms with Gasteiger partial charge in [0, 0.05) is 42.7 Å². The van der Waals surface area contributed by atoms with Gasteiger partial charge in [-0.1, -0.05) is 43.3 Å². The first-order valence-corrected chi connectivity index (χ1v) is 14.7. The summed E-state index contributed by atoms with van der Waals surface area (Å²) < 4.78 is 19.0. The van der Waals surface area contributed by atoms with Gasteiger partial charge in [-0.25, -0.2) is 9.18 Å². The van der Waals surface area contributed by atoms with Crippen molar-refractivity contribution in [2.24, 2.45) is 0 Å². The molecule has 0 bridgehead atoms. The molecule has 1 aliphatic heterocycles. The summed E-state index contributed by atoms with van der Waals surface area (Å²) in [5.41, 5.74) is 4.57.